The summed E-state index contributed by atoms with van der Waals surface area (Å²) in [5.74, 6) is 0.527. The highest BCUT2D eigenvalue weighted by Crippen LogP contribution is 2.27. The van der Waals surface area contributed by atoms with Gasteiger partial charge < -0.3 is 5.11 Å². The molecular weight excluding hydrogens is 259 g/mol. The first-order valence-electron chi connectivity index (χ1n) is 5.17. The molecule has 0 amide bonds. The average molecular weight is 274 g/mol. The molecule has 2 nitrogen and oxygen atoms in total. The number of carboxylic acids is 1. The molecule has 0 aromatic heterocycles. The van der Waals surface area contributed by atoms with Crippen LogP contribution in [0.4, 0.5) is 4.39 Å². The Morgan fingerprint density at radius 3 is 2.41 bits per heavy atom. The first-order chi connectivity index (χ1) is 7.92. The van der Waals surface area contributed by atoms with Gasteiger partial charge in [-0.25, -0.2) is 4.39 Å². The van der Waals surface area contributed by atoms with Crippen molar-refractivity contribution in [2.75, 3.05) is 11.5 Å². The van der Waals surface area contributed by atoms with Crippen molar-refractivity contribution in [3.63, 3.8) is 0 Å². The molecule has 0 aliphatic rings. The number of hydrogen-bond donors (Lipinski definition) is 1. The minimum atomic E-state index is -0.797. The predicted octanol–water partition coefficient (Wildman–Crippen LogP) is 3.51. The molecule has 0 fully saturated rings. The van der Waals surface area contributed by atoms with Gasteiger partial charge in [0.05, 0.1) is 0 Å². The van der Waals surface area contributed by atoms with Crippen molar-refractivity contribution < 1.29 is 14.3 Å². The van der Waals surface area contributed by atoms with E-state index in [-0.39, 0.29) is 5.82 Å². The Kier molecular flexibility index (Phi) is 5.33. The molecular formula is C12H15FO2S2. The van der Waals surface area contributed by atoms with Crippen molar-refractivity contribution in [1.29, 1.82) is 0 Å². The molecule has 0 heterocycles. The monoisotopic (exact) mass is 274 g/mol. The van der Waals surface area contributed by atoms with Crippen LogP contribution in [-0.4, -0.2) is 27.3 Å². The zero-order valence-corrected chi connectivity index (χ0v) is 11.4. The molecule has 0 bridgehead atoms. The van der Waals surface area contributed by atoms with Crippen molar-refractivity contribution >= 4 is 29.5 Å². The second kappa shape index (κ2) is 6.31. The Bertz CT molecular complexity index is 377. The van der Waals surface area contributed by atoms with Crippen LogP contribution in [-0.2, 0) is 4.79 Å². The second-order valence-corrected chi connectivity index (χ2v) is 6.85. The van der Waals surface area contributed by atoms with Crippen molar-refractivity contribution in [3.8, 4) is 0 Å². The summed E-state index contributed by atoms with van der Waals surface area (Å²) in [5, 5.41) is 8.92. The van der Waals surface area contributed by atoms with Crippen LogP contribution in [0.3, 0.4) is 0 Å². The molecule has 1 rings (SSSR count). The summed E-state index contributed by atoms with van der Waals surface area (Å²) < 4.78 is 11.9. The third-order valence-electron chi connectivity index (χ3n) is 2.14. The number of rotatable bonds is 6. The van der Waals surface area contributed by atoms with E-state index in [0.717, 1.165) is 16.4 Å². The highest BCUT2D eigenvalue weighted by Gasteiger charge is 2.26. The fourth-order valence-corrected chi connectivity index (χ4v) is 2.91. The number of carboxylic acid groups (broad SMARTS) is 1. The van der Waals surface area contributed by atoms with Gasteiger partial charge in [0.15, 0.2) is 0 Å². The first kappa shape index (κ1) is 14.4. The van der Waals surface area contributed by atoms with Crippen LogP contribution in [0.15, 0.2) is 29.2 Å². The van der Waals surface area contributed by atoms with Crippen LogP contribution in [0.1, 0.15) is 13.8 Å². The summed E-state index contributed by atoms with van der Waals surface area (Å²) in [6.07, 6.45) is 0. The van der Waals surface area contributed by atoms with E-state index in [9.17, 15) is 9.18 Å². The van der Waals surface area contributed by atoms with Gasteiger partial charge in [-0.3, -0.25) is 4.79 Å². The lowest BCUT2D eigenvalue weighted by atomic mass is 10.2. The summed E-state index contributed by atoms with van der Waals surface area (Å²) in [6, 6.07) is 6.31. The molecule has 94 valence electrons. The van der Waals surface area contributed by atoms with Crippen molar-refractivity contribution in [2.45, 2.75) is 23.5 Å². The molecule has 0 unspecified atom stereocenters. The molecule has 0 atom stereocenters. The molecule has 0 aliphatic heterocycles. The maximum Gasteiger partial charge on any atom is 0.319 e. The minimum Gasteiger partial charge on any atom is -0.480 e. The standard InChI is InChI=1S/C12H15FO2S2/c1-12(2,11(14)15)17-8-7-16-10-5-3-9(13)4-6-10/h3-6H,7-8H2,1-2H3,(H,14,15). The number of hydrogen-bond acceptors (Lipinski definition) is 3. The topological polar surface area (TPSA) is 37.3 Å². The summed E-state index contributed by atoms with van der Waals surface area (Å²) in [6.45, 7) is 3.39. The van der Waals surface area contributed by atoms with Crippen LogP contribution in [0.5, 0.6) is 0 Å². The fourth-order valence-electron chi connectivity index (χ4n) is 1.05. The maximum atomic E-state index is 12.6. The van der Waals surface area contributed by atoms with Crippen LogP contribution < -0.4 is 0 Å². The summed E-state index contributed by atoms with van der Waals surface area (Å²) in [5.41, 5.74) is 0. The Morgan fingerprint density at radius 1 is 1.29 bits per heavy atom. The highest BCUT2D eigenvalue weighted by molar-refractivity contribution is 8.04. The molecule has 1 N–H and O–H groups in total. The van der Waals surface area contributed by atoms with E-state index in [1.807, 2.05) is 0 Å². The van der Waals surface area contributed by atoms with E-state index in [4.69, 9.17) is 5.11 Å². The van der Waals surface area contributed by atoms with Gasteiger partial charge in [0, 0.05) is 16.4 Å². The Morgan fingerprint density at radius 2 is 1.88 bits per heavy atom. The van der Waals surface area contributed by atoms with E-state index >= 15 is 0 Å². The smallest absolute Gasteiger partial charge is 0.319 e. The van der Waals surface area contributed by atoms with Crippen LogP contribution in [0.25, 0.3) is 0 Å². The van der Waals surface area contributed by atoms with Gasteiger partial charge in [0.1, 0.15) is 10.6 Å². The van der Waals surface area contributed by atoms with E-state index in [1.165, 1.54) is 23.9 Å². The lowest BCUT2D eigenvalue weighted by molar-refractivity contribution is -0.138. The first-order valence-corrected chi connectivity index (χ1v) is 7.14. The van der Waals surface area contributed by atoms with E-state index in [2.05, 4.69) is 0 Å². The van der Waals surface area contributed by atoms with E-state index in [1.54, 1.807) is 37.7 Å². The molecule has 1 aromatic carbocycles. The number of carbonyl (C=O) groups is 1. The number of halogens is 1. The zero-order chi connectivity index (χ0) is 12.9. The SMILES string of the molecule is CC(C)(SCCSc1ccc(F)cc1)C(=O)O. The van der Waals surface area contributed by atoms with Gasteiger partial charge >= 0.3 is 5.97 Å². The van der Waals surface area contributed by atoms with Crippen LogP contribution >= 0.6 is 23.5 Å². The quantitative estimate of drug-likeness (QED) is 0.636. The predicted molar refractivity (Wildman–Crippen MR) is 71.3 cm³/mol. The summed E-state index contributed by atoms with van der Waals surface area (Å²) in [7, 11) is 0. The maximum absolute atomic E-state index is 12.6. The normalized spacial score (nSPS) is 11.5. The molecule has 0 aliphatic carbocycles. The number of aliphatic carboxylic acids is 1. The molecule has 1 aromatic rings. The Hall–Kier alpha value is -0.680. The van der Waals surface area contributed by atoms with Gasteiger partial charge in [-0.15, -0.1) is 23.5 Å². The third kappa shape index (κ3) is 5.00. The number of thioether (sulfide) groups is 2. The van der Waals surface area contributed by atoms with Gasteiger partial charge in [0.25, 0.3) is 0 Å². The molecule has 0 saturated carbocycles. The second-order valence-electron chi connectivity index (χ2n) is 3.97. The van der Waals surface area contributed by atoms with Crippen LogP contribution in [0, 0.1) is 5.82 Å². The van der Waals surface area contributed by atoms with Crippen molar-refractivity contribution in [3.05, 3.63) is 30.1 Å². The molecule has 0 radical (unpaired) electrons. The number of benzene rings is 1. The lowest BCUT2D eigenvalue weighted by Crippen LogP contribution is -2.27. The fraction of sp³-hybridized carbons (Fsp3) is 0.417. The summed E-state index contributed by atoms with van der Waals surface area (Å²) in [4.78, 5) is 11.9. The molecule has 0 saturated heterocycles. The largest absolute Gasteiger partial charge is 0.480 e. The minimum absolute atomic E-state index is 0.240. The lowest BCUT2D eigenvalue weighted by Gasteiger charge is -2.17. The molecule has 0 spiro atoms. The molecule has 17 heavy (non-hydrogen) atoms. The highest BCUT2D eigenvalue weighted by atomic mass is 32.2. The van der Waals surface area contributed by atoms with E-state index < -0.39 is 10.7 Å². The zero-order valence-electron chi connectivity index (χ0n) is 9.77. The average Bonchev–Trinajstić information content (AvgIpc) is 2.26. The summed E-state index contributed by atoms with van der Waals surface area (Å²) >= 11 is 3.02. The van der Waals surface area contributed by atoms with Crippen LogP contribution in [0.2, 0.25) is 0 Å². The van der Waals surface area contributed by atoms with Crippen molar-refractivity contribution in [1.82, 2.24) is 0 Å². The van der Waals surface area contributed by atoms with Gasteiger partial charge in [-0.1, -0.05) is 0 Å². The molecule has 5 heteroatoms. The Balaban J connectivity index is 2.29. The van der Waals surface area contributed by atoms with E-state index in [0.29, 0.717) is 0 Å². The van der Waals surface area contributed by atoms with Gasteiger partial charge in [-0.05, 0) is 38.1 Å². The van der Waals surface area contributed by atoms with Gasteiger partial charge in [-0.2, -0.15) is 0 Å². The third-order valence-corrected chi connectivity index (χ3v) is 4.72. The van der Waals surface area contributed by atoms with Crippen molar-refractivity contribution in [2.24, 2.45) is 0 Å². The van der Waals surface area contributed by atoms with Gasteiger partial charge in [0.2, 0.25) is 0 Å². The Labute approximate surface area is 109 Å².